The molecule has 0 saturated heterocycles. The van der Waals surface area contributed by atoms with Crippen LogP contribution in [-0.2, 0) is 5.60 Å². The third kappa shape index (κ3) is 1.81. The molecule has 82 valence electrons. The molecular formula is C14H20O. The van der Waals surface area contributed by atoms with Gasteiger partial charge in [0, 0.05) is 0 Å². The normalized spacial score (nSPS) is 30.8. The number of hydrogen-bond acceptors (Lipinski definition) is 1. The van der Waals surface area contributed by atoms with Crippen molar-refractivity contribution in [1.82, 2.24) is 0 Å². The molecule has 1 heteroatoms. The van der Waals surface area contributed by atoms with E-state index in [-0.39, 0.29) is 0 Å². The lowest BCUT2D eigenvalue weighted by molar-refractivity contribution is 0.0401. The van der Waals surface area contributed by atoms with Gasteiger partial charge in [-0.25, -0.2) is 0 Å². The first-order chi connectivity index (χ1) is 7.03. The molecule has 0 aliphatic heterocycles. The Hall–Kier alpha value is -0.820. The first kappa shape index (κ1) is 10.7. The van der Waals surface area contributed by atoms with Crippen molar-refractivity contribution in [1.29, 1.82) is 0 Å². The van der Waals surface area contributed by atoms with Crippen LogP contribution in [0.25, 0.3) is 0 Å². The molecule has 2 atom stereocenters. The van der Waals surface area contributed by atoms with E-state index in [0.29, 0.717) is 5.92 Å². The first-order valence-electron chi connectivity index (χ1n) is 5.82. The van der Waals surface area contributed by atoms with Crippen molar-refractivity contribution in [3.63, 3.8) is 0 Å². The zero-order chi connectivity index (χ0) is 11.1. The van der Waals surface area contributed by atoms with E-state index in [4.69, 9.17) is 0 Å². The number of aryl methyl sites for hydroxylation is 1. The second-order valence-electron chi connectivity index (χ2n) is 5.13. The molecule has 1 N–H and O–H groups in total. The number of hydrogen-bond donors (Lipinski definition) is 1. The van der Waals surface area contributed by atoms with Crippen LogP contribution in [-0.4, -0.2) is 5.11 Å². The maximum atomic E-state index is 10.6. The predicted molar refractivity (Wildman–Crippen MR) is 62.8 cm³/mol. The zero-order valence-corrected chi connectivity index (χ0v) is 9.88. The largest absolute Gasteiger partial charge is 0.385 e. The van der Waals surface area contributed by atoms with E-state index in [1.54, 1.807) is 0 Å². The molecule has 1 fully saturated rings. The van der Waals surface area contributed by atoms with Crippen molar-refractivity contribution in [3.05, 3.63) is 34.9 Å². The third-order valence-electron chi connectivity index (χ3n) is 3.84. The Kier molecular flexibility index (Phi) is 2.59. The van der Waals surface area contributed by atoms with Gasteiger partial charge in [0.2, 0.25) is 0 Å². The van der Waals surface area contributed by atoms with Crippen molar-refractivity contribution in [2.45, 2.75) is 45.6 Å². The van der Waals surface area contributed by atoms with Crippen molar-refractivity contribution in [3.8, 4) is 0 Å². The van der Waals surface area contributed by atoms with E-state index >= 15 is 0 Å². The predicted octanol–water partition coefficient (Wildman–Crippen LogP) is 3.31. The highest BCUT2D eigenvalue weighted by atomic mass is 16.3. The van der Waals surface area contributed by atoms with Gasteiger partial charge < -0.3 is 5.11 Å². The second-order valence-corrected chi connectivity index (χ2v) is 5.13. The van der Waals surface area contributed by atoms with Crippen LogP contribution >= 0.6 is 0 Å². The van der Waals surface area contributed by atoms with Gasteiger partial charge in [-0.15, -0.1) is 0 Å². The van der Waals surface area contributed by atoms with Gasteiger partial charge in [0.05, 0.1) is 5.60 Å². The lowest BCUT2D eigenvalue weighted by Crippen LogP contribution is -2.23. The number of aliphatic hydroxyl groups is 1. The summed E-state index contributed by atoms with van der Waals surface area (Å²) < 4.78 is 0. The summed E-state index contributed by atoms with van der Waals surface area (Å²) in [6, 6.07) is 6.25. The van der Waals surface area contributed by atoms with E-state index in [1.165, 1.54) is 11.1 Å². The molecule has 0 radical (unpaired) electrons. The molecule has 1 aliphatic carbocycles. The van der Waals surface area contributed by atoms with Crippen LogP contribution in [0.4, 0.5) is 0 Å². The maximum absolute atomic E-state index is 10.6. The SMILES string of the molecule is Cc1cccc(C2(O)CCC(C)C2)c1C. The maximum Gasteiger partial charge on any atom is 0.0901 e. The van der Waals surface area contributed by atoms with Gasteiger partial charge in [0.1, 0.15) is 0 Å². The summed E-state index contributed by atoms with van der Waals surface area (Å²) in [4.78, 5) is 0. The fourth-order valence-corrected chi connectivity index (χ4v) is 2.77. The minimum absolute atomic E-state index is 0.560. The zero-order valence-electron chi connectivity index (χ0n) is 9.88. The summed E-state index contributed by atoms with van der Waals surface area (Å²) in [6.07, 6.45) is 2.97. The highest BCUT2D eigenvalue weighted by molar-refractivity contribution is 5.37. The van der Waals surface area contributed by atoms with E-state index < -0.39 is 5.60 Å². The Morgan fingerprint density at radius 2 is 2.07 bits per heavy atom. The summed E-state index contributed by atoms with van der Waals surface area (Å²) >= 11 is 0. The molecule has 1 saturated carbocycles. The van der Waals surface area contributed by atoms with Gasteiger partial charge in [-0.05, 0) is 55.7 Å². The van der Waals surface area contributed by atoms with Crippen LogP contribution < -0.4 is 0 Å². The molecule has 2 rings (SSSR count). The molecule has 1 aromatic carbocycles. The molecular weight excluding hydrogens is 184 g/mol. The molecule has 0 bridgehead atoms. The molecule has 0 spiro atoms. The average Bonchev–Trinajstić information content (AvgIpc) is 2.52. The molecule has 1 aliphatic rings. The summed E-state index contributed by atoms with van der Waals surface area (Å²) in [7, 11) is 0. The Morgan fingerprint density at radius 3 is 2.67 bits per heavy atom. The van der Waals surface area contributed by atoms with Gasteiger partial charge in [0.25, 0.3) is 0 Å². The van der Waals surface area contributed by atoms with Gasteiger partial charge in [-0.2, -0.15) is 0 Å². The van der Waals surface area contributed by atoms with E-state index in [1.807, 2.05) is 0 Å². The minimum Gasteiger partial charge on any atom is -0.385 e. The Bertz CT molecular complexity index is 370. The summed E-state index contributed by atoms with van der Waals surface area (Å²) in [6.45, 7) is 6.45. The van der Waals surface area contributed by atoms with Gasteiger partial charge in [0.15, 0.2) is 0 Å². The Balaban J connectivity index is 2.41. The third-order valence-corrected chi connectivity index (χ3v) is 3.84. The minimum atomic E-state index is -0.560. The topological polar surface area (TPSA) is 20.2 Å². The van der Waals surface area contributed by atoms with Crippen LogP contribution in [0, 0.1) is 19.8 Å². The molecule has 1 nitrogen and oxygen atoms in total. The van der Waals surface area contributed by atoms with Crippen LogP contribution in [0.1, 0.15) is 42.9 Å². The van der Waals surface area contributed by atoms with Crippen LogP contribution in [0.3, 0.4) is 0 Å². The van der Waals surface area contributed by atoms with Crippen molar-refractivity contribution >= 4 is 0 Å². The second kappa shape index (κ2) is 3.64. The molecule has 0 heterocycles. The van der Waals surface area contributed by atoms with Crippen molar-refractivity contribution in [2.75, 3.05) is 0 Å². The monoisotopic (exact) mass is 204 g/mol. The van der Waals surface area contributed by atoms with Crippen LogP contribution in [0.15, 0.2) is 18.2 Å². The smallest absolute Gasteiger partial charge is 0.0901 e. The highest BCUT2D eigenvalue weighted by Gasteiger charge is 2.37. The molecule has 1 aromatic rings. The fraction of sp³-hybridized carbons (Fsp3) is 0.571. The lowest BCUT2D eigenvalue weighted by Gasteiger charge is -2.26. The van der Waals surface area contributed by atoms with E-state index in [9.17, 15) is 5.11 Å². The summed E-state index contributed by atoms with van der Waals surface area (Å²) in [5.41, 5.74) is 3.12. The van der Waals surface area contributed by atoms with E-state index in [2.05, 4.69) is 39.0 Å². The van der Waals surface area contributed by atoms with Gasteiger partial charge in [-0.1, -0.05) is 25.1 Å². The Labute approximate surface area is 92.1 Å². The number of benzene rings is 1. The van der Waals surface area contributed by atoms with Gasteiger partial charge >= 0.3 is 0 Å². The molecule has 0 amide bonds. The lowest BCUT2D eigenvalue weighted by atomic mass is 9.86. The van der Waals surface area contributed by atoms with Crippen molar-refractivity contribution < 1.29 is 5.11 Å². The summed E-state index contributed by atoms with van der Waals surface area (Å²) in [5.74, 6) is 0.648. The quantitative estimate of drug-likeness (QED) is 0.744. The van der Waals surface area contributed by atoms with Crippen LogP contribution in [0.2, 0.25) is 0 Å². The fourth-order valence-electron chi connectivity index (χ4n) is 2.77. The molecule has 2 unspecified atom stereocenters. The average molecular weight is 204 g/mol. The Morgan fingerprint density at radius 1 is 1.33 bits per heavy atom. The first-order valence-corrected chi connectivity index (χ1v) is 5.82. The molecule has 15 heavy (non-hydrogen) atoms. The standard InChI is InChI=1S/C14H20O/c1-10-7-8-14(15,9-10)13-6-4-5-11(2)12(13)3/h4-6,10,15H,7-9H2,1-3H3. The van der Waals surface area contributed by atoms with Gasteiger partial charge in [-0.3, -0.25) is 0 Å². The van der Waals surface area contributed by atoms with E-state index in [0.717, 1.165) is 24.8 Å². The highest BCUT2D eigenvalue weighted by Crippen LogP contribution is 2.43. The van der Waals surface area contributed by atoms with Crippen molar-refractivity contribution in [2.24, 2.45) is 5.92 Å². The van der Waals surface area contributed by atoms with Crippen LogP contribution in [0.5, 0.6) is 0 Å². The summed E-state index contributed by atoms with van der Waals surface area (Å²) in [5, 5.41) is 10.6. The number of rotatable bonds is 1. The molecule has 0 aromatic heterocycles.